The first kappa shape index (κ1) is 20.9. The molecule has 29 heavy (non-hydrogen) atoms. The van der Waals surface area contributed by atoms with Crippen molar-refractivity contribution in [2.45, 2.75) is 51.5 Å². The number of methoxy groups -OCH3 is 1. The molecule has 154 valence electrons. The van der Waals surface area contributed by atoms with Crippen molar-refractivity contribution in [3.8, 4) is 5.75 Å². The average molecular weight is 395 g/mol. The molecule has 0 fully saturated rings. The number of carbonyl (C=O) groups is 2. The number of hydrogen-bond acceptors (Lipinski definition) is 4. The van der Waals surface area contributed by atoms with Crippen LogP contribution < -0.4 is 10.1 Å². The zero-order valence-corrected chi connectivity index (χ0v) is 17.4. The summed E-state index contributed by atoms with van der Waals surface area (Å²) in [6.07, 6.45) is 4.90. The van der Waals surface area contributed by atoms with Crippen LogP contribution in [0.5, 0.6) is 5.75 Å². The Bertz CT molecular complexity index is 874. The van der Waals surface area contributed by atoms with Gasteiger partial charge in [0.15, 0.2) is 0 Å². The van der Waals surface area contributed by atoms with E-state index in [4.69, 9.17) is 9.47 Å². The van der Waals surface area contributed by atoms with Gasteiger partial charge < -0.3 is 14.8 Å². The van der Waals surface area contributed by atoms with E-state index in [1.54, 1.807) is 13.8 Å². The molecule has 0 aromatic heterocycles. The van der Waals surface area contributed by atoms with Crippen LogP contribution >= 0.6 is 0 Å². The summed E-state index contributed by atoms with van der Waals surface area (Å²) in [4.78, 5) is 25.0. The number of esters is 1. The molecule has 1 N–H and O–H groups in total. The summed E-state index contributed by atoms with van der Waals surface area (Å²) in [5.41, 5.74) is 2.90. The van der Waals surface area contributed by atoms with Crippen molar-refractivity contribution in [1.82, 2.24) is 5.32 Å². The van der Waals surface area contributed by atoms with E-state index < -0.39 is 11.5 Å². The zero-order valence-electron chi connectivity index (χ0n) is 17.4. The van der Waals surface area contributed by atoms with Gasteiger partial charge in [-0.1, -0.05) is 36.4 Å². The Hall–Kier alpha value is -2.82. The van der Waals surface area contributed by atoms with Crippen LogP contribution in [0.4, 0.5) is 0 Å². The molecule has 1 aliphatic rings. The molecule has 0 atom stereocenters. The largest absolute Gasteiger partial charge is 0.492 e. The molecule has 5 heteroatoms. The minimum atomic E-state index is -1.12. The second kappa shape index (κ2) is 9.12. The highest BCUT2D eigenvalue weighted by molar-refractivity contribution is 6.00. The molecule has 0 bridgehead atoms. The van der Waals surface area contributed by atoms with Crippen molar-refractivity contribution in [3.63, 3.8) is 0 Å². The standard InChI is InChI=1S/C24H29NO4/c1-24(2,23(27)28-3)25-22(26)20-14-13-18-11-7-8-12-19(18)21(20)29-16-15-17-9-5-4-6-10-17/h4-6,9-10,13-14H,7-8,11-12,15-16H2,1-3H3,(H,25,26). The molecule has 2 aromatic rings. The van der Waals surface area contributed by atoms with Crippen molar-refractivity contribution in [3.05, 3.63) is 64.7 Å². The monoisotopic (exact) mass is 395 g/mol. The molecular formula is C24H29NO4. The number of ether oxygens (including phenoxy) is 2. The Balaban J connectivity index is 1.84. The fraction of sp³-hybridized carbons (Fsp3) is 0.417. The van der Waals surface area contributed by atoms with Crippen molar-refractivity contribution in [2.75, 3.05) is 13.7 Å². The van der Waals surface area contributed by atoms with Gasteiger partial charge in [0.1, 0.15) is 11.3 Å². The highest BCUT2D eigenvalue weighted by Crippen LogP contribution is 2.33. The highest BCUT2D eigenvalue weighted by atomic mass is 16.5. The second-order valence-corrected chi connectivity index (χ2v) is 7.94. The van der Waals surface area contributed by atoms with Crippen LogP contribution in [0.1, 0.15) is 53.7 Å². The van der Waals surface area contributed by atoms with Crippen LogP contribution in [0.3, 0.4) is 0 Å². The molecule has 1 aliphatic carbocycles. The van der Waals surface area contributed by atoms with Crippen LogP contribution in [0, 0.1) is 0 Å². The Morgan fingerprint density at radius 1 is 1.03 bits per heavy atom. The van der Waals surface area contributed by atoms with Gasteiger partial charge in [-0.25, -0.2) is 4.79 Å². The van der Waals surface area contributed by atoms with Gasteiger partial charge in [0, 0.05) is 6.42 Å². The van der Waals surface area contributed by atoms with Crippen LogP contribution in [0.15, 0.2) is 42.5 Å². The third-order valence-electron chi connectivity index (χ3n) is 5.33. The SMILES string of the molecule is COC(=O)C(C)(C)NC(=O)c1ccc2c(c1OCCc1ccccc1)CCCC2. The molecule has 0 radical (unpaired) electrons. The van der Waals surface area contributed by atoms with E-state index in [1.165, 1.54) is 18.2 Å². The van der Waals surface area contributed by atoms with E-state index in [0.29, 0.717) is 17.9 Å². The number of carbonyl (C=O) groups excluding carboxylic acids is 2. The second-order valence-electron chi connectivity index (χ2n) is 7.94. The molecule has 0 heterocycles. The van der Waals surface area contributed by atoms with Crippen molar-refractivity contribution in [2.24, 2.45) is 0 Å². The predicted octanol–water partition coefficient (Wildman–Crippen LogP) is 3.87. The molecule has 0 spiro atoms. The number of fused-ring (bicyclic) bond motifs is 1. The maximum Gasteiger partial charge on any atom is 0.330 e. The fourth-order valence-electron chi connectivity index (χ4n) is 3.71. The van der Waals surface area contributed by atoms with E-state index >= 15 is 0 Å². The number of amides is 1. The minimum absolute atomic E-state index is 0.330. The number of nitrogens with one attached hydrogen (secondary N) is 1. The Labute approximate surface area is 172 Å². The molecular weight excluding hydrogens is 366 g/mol. The first-order valence-corrected chi connectivity index (χ1v) is 10.1. The van der Waals surface area contributed by atoms with E-state index in [0.717, 1.165) is 37.7 Å². The summed E-state index contributed by atoms with van der Waals surface area (Å²) in [6, 6.07) is 14.0. The summed E-state index contributed by atoms with van der Waals surface area (Å²) in [7, 11) is 1.31. The van der Waals surface area contributed by atoms with Gasteiger partial charge in [-0.15, -0.1) is 0 Å². The van der Waals surface area contributed by atoms with Gasteiger partial charge >= 0.3 is 5.97 Å². The van der Waals surface area contributed by atoms with Gasteiger partial charge in [-0.05, 0) is 62.3 Å². The van der Waals surface area contributed by atoms with Crippen LogP contribution in [-0.4, -0.2) is 31.1 Å². The van der Waals surface area contributed by atoms with E-state index in [2.05, 4.69) is 17.4 Å². The van der Waals surface area contributed by atoms with Crippen LogP contribution in [0.25, 0.3) is 0 Å². The van der Waals surface area contributed by atoms with Crippen LogP contribution in [0.2, 0.25) is 0 Å². The third kappa shape index (κ3) is 4.97. The number of rotatable bonds is 7. The Morgan fingerprint density at radius 2 is 1.76 bits per heavy atom. The van der Waals surface area contributed by atoms with E-state index in [1.807, 2.05) is 30.3 Å². The molecule has 0 saturated heterocycles. The summed E-state index contributed by atoms with van der Waals surface area (Å²) in [5.74, 6) is -0.171. The van der Waals surface area contributed by atoms with Crippen molar-refractivity contribution in [1.29, 1.82) is 0 Å². The summed E-state index contributed by atoms with van der Waals surface area (Å²) >= 11 is 0. The maximum absolute atomic E-state index is 13.0. The molecule has 0 aliphatic heterocycles. The van der Waals surface area contributed by atoms with Gasteiger partial charge in [-0.3, -0.25) is 4.79 Å². The average Bonchev–Trinajstić information content (AvgIpc) is 2.73. The summed E-state index contributed by atoms with van der Waals surface area (Å²) < 4.78 is 11.0. The number of aryl methyl sites for hydroxylation is 1. The van der Waals surface area contributed by atoms with E-state index in [-0.39, 0.29) is 5.91 Å². The lowest BCUT2D eigenvalue weighted by Gasteiger charge is -2.26. The lowest BCUT2D eigenvalue weighted by molar-refractivity contribution is -0.146. The van der Waals surface area contributed by atoms with Crippen molar-refractivity contribution >= 4 is 11.9 Å². The molecule has 3 rings (SSSR count). The molecule has 5 nitrogen and oxygen atoms in total. The quantitative estimate of drug-likeness (QED) is 0.723. The van der Waals surface area contributed by atoms with Gasteiger partial charge in [0.25, 0.3) is 5.91 Å². The first-order chi connectivity index (χ1) is 13.9. The summed E-state index contributed by atoms with van der Waals surface area (Å²) in [5, 5.41) is 2.79. The molecule has 0 unspecified atom stereocenters. The van der Waals surface area contributed by atoms with Gasteiger partial charge in [0.2, 0.25) is 0 Å². The van der Waals surface area contributed by atoms with Gasteiger partial charge in [-0.2, -0.15) is 0 Å². The topological polar surface area (TPSA) is 64.6 Å². The maximum atomic E-state index is 13.0. The Morgan fingerprint density at radius 3 is 2.48 bits per heavy atom. The third-order valence-corrected chi connectivity index (χ3v) is 5.33. The zero-order chi connectivity index (χ0) is 20.9. The molecule has 2 aromatic carbocycles. The lowest BCUT2D eigenvalue weighted by Crippen LogP contribution is -2.50. The fourth-order valence-corrected chi connectivity index (χ4v) is 3.71. The number of benzene rings is 2. The highest BCUT2D eigenvalue weighted by Gasteiger charge is 2.32. The Kier molecular flexibility index (Phi) is 6.57. The van der Waals surface area contributed by atoms with Crippen LogP contribution in [-0.2, 0) is 28.8 Å². The summed E-state index contributed by atoms with van der Waals surface area (Å²) in [6.45, 7) is 3.75. The lowest BCUT2D eigenvalue weighted by atomic mass is 9.89. The first-order valence-electron chi connectivity index (χ1n) is 10.1. The number of hydrogen-bond donors (Lipinski definition) is 1. The van der Waals surface area contributed by atoms with E-state index in [9.17, 15) is 9.59 Å². The smallest absolute Gasteiger partial charge is 0.330 e. The molecule has 1 amide bonds. The predicted molar refractivity (Wildman–Crippen MR) is 112 cm³/mol. The molecule has 0 saturated carbocycles. The van der Waals surface area contributed by atoms with Crippen molar-refractivity contribution < 1.29 is 19.1 Å². The minimum Gasteiger partial charge on any atom is -0.492 e. The van der Waals surface area contributed by atoms with Gasteiger partial charge in [0.05, 0.1) is 19.3 Å². The normalized spacial score (nSPS) is 13.3.